The van der Waals surface area contributed by atoms with E-state index in [0.717, 1.165) is 94.1 Å². The summed E-state index contributed by atoms with van der Waals surface area (Å²) < 4.78 is 344. The lowest BCUT2D eigenvalue weighted by molar-refractivity contribution is -0.477. The van der Waals surface area contributed by atoms with E-state index in [0.29, 0.717) is 0 Å². The molecule has 0 saturated heterocycles. The molecule has 29 heteroatoms. The molecule has 0 radical (unpaired) electrons. The number of rotatable bonds is 17. The van der Waals surface area contributed by atoms with Crippen molar-refractivity contribution in [1.29, 1.82) is 0 Å². The van der Waals surface area contributed by atoms with Crippen LogP contribution in [-0.4, -0.2) is 92.7 Å². The number of carbonyl (C=O) groups excluding carboxylic acids is 1. The first-order valence-electron chi connectivity index (χ1n) is 15.6. The largest absolute Gasteiger partial charge is 0.497 e. The Bertz CT molecular complexity index is 1940. The summed E-state index contributed by atoms with van der Waals surface area (Å²) in [6.07, 6.45) is -8.18. The number of halogens is 23. The third-order valence-electron chi connectivity index (χ3n) is 8.54. The van der Waals surface area contributed by atoms with Gasteiger partial charge in [0.05, 0.1) is 21.3 Å². The number of ether oxygens (including phenoxy) is 3. The van der Waals surface area contributed by atoms with Gasteiger partial charge in [0.15, 0.2) is 0 Å². The van der Waals surface area contributed by atoms with E-state index in [1.165, 1.54) is 0 Å². The molecule has 0 amide bonds. The van der Waals surface area contributed by atoms with Crippen molar-refractivity contribution in [2.24, 2.45) is 0 Å². The van der Waals surface area contributed by atoms with E-state index < -0.39 is 96.4 Å². The van der Waals surface area contributed by atoms with E-state index >= 15 is 17.6 Å². The Morgan fingerprint density at radius 1 is 0.355 bits per heavy atom. The number of carbonyl (C=O) groups is 1. The van der Waals surface area contributed by atoms with E-state index in [4.69, 9.17) is 18.4 Å². The minimum atomic E-state index is -9.59. The molecule has 0 aliphatic rings. The highest BCUT2D eigenvalue weighted by molar-refractivity contribution is 8.30. The van der Waals surface area contributed by atoms with Crippen LogP contribution in [0.25, 0.3) is 0 Å². The van der Waals surface area contributed by atoms with Crippen molar-refractivity contribution in [3.63, 3.8) is 0 Å². The zero-order valence-electron chi connectivity index (χ0n) is 30.1. The minimum absolute atomic E-state index is 0.0876. The van der Waals surface area contributed by atoms with Crippen LogP contribution in [0.2, 0.25) is 0 Å². The van der Waals surface area contributed by atoms with Crippen molar-refractivity contribution in [3.05, 3.63) is 72.8 Å². The molecule has 0 atom stereocenters. The Kier molecular flexibility index (Phi) is 13.2. The first kappa shape index (κ1) is 51.6. The Hall–Kier alpha value is -4.73. The Balaban J connectivity index is 2.30. The van der Waals surface area contributed by atoms with Gasteiger partial charge in [-0.2, -0.15) is 101 Å². The van der Waals surface area contributed by atoms with Crippen LogP contribution < -0.4 is 14.2 Å². The van der Waals surface area contributed by atoms with Crippen LogP contribution in [0.4, 0.5) is 101 Å². The van der Waals surface area contributed by atoms with Crippen molar-refractivity contribution >= 4 is 16.3 Å². The number of benzene rings is 3. The average Bonchev–Trinajstić information content (AvgIpc) is 3.18. The van der Waals surface area contributed by atoms with Gasteiger partial charge >= 0.3 is 71.4 Å². The molecule has 350 valence electrons. The second-order valence-corrected chi connectivity index (χ2v) is 14.9. The van der Waals surface area contributed by atoms with Crippen LogP contribution in [0.1, 0.15) is 0 Å². The fourth-order valence-electron chi connectivity index (χ4n) is 4.90. The predicted molar refractivity (Wildman–Crippen MR) is 163 cm³/mol. The van der Waals surface area contributed by atoms with Crippen molar-refractivity contribution < 1.29 is 124 Å². The third-order valence-corrected chi connectivity index (χ3v) is 11.7. The number of hydrogen-bond donors (Lipinski definition) is 0. The van der Waals surface area contributed by atoms with Gasteiger partial charge in [0.25, 0.3) is 0 Å². The van der Waals surface area contributed by atoms with Crippen LogP contribution >= 0.6 is 10.3 Å². The molecule has 0 aliphatic heterocycles. The lowest BCUT2D eigenvalue weighted by atomic mass is 9.85. The van der Waals surface area contributed by atoms with Crippen LogP contribution in [0.3, 0.4) is 0 Å². The Labute approximate surface area is 332 Å². The molecule has 0 aromatic heterocycles. The van der Waals surface area contributed by atoms with Gasteiger partial charge in [-0.3, -0.25) is 0 Å². The van der Waals surface area contributed by atoms with Gasteiger partial charge < -0.3 is 18.4 Å². The fraction of sp³-hybridized carbons (Fsp3) is 0.424. The van der Waals surface area contributed by atoms with Crippen molar-refractivity contribution in [2.75, 3.05) is 21.3 Å². The molecular weight excluding hydrogens is 945 g/mol. The SMILES string of the molecule is COc1ccc(S(OC(=O)C(F)(F)C(F)(F)C(F)(F)C(F)(F)C(F)(F)C(F)(F)C(F)(F)C(F)(F)C(F)(F)C(F)(F)C(F)(F)F)(c2ccc(OC)cc2)c2ccc(OC)cc2)cc1. The summed E-state index contributed by atoms with van der Waals surface area (Å²) in [5, 5.41) is 0. The molecule has 62 heavy (non-hydrogen) atoms. The van der Waals surface area contributed by atoms with E-state index in [2.05, 4.69) is 0 Å². The van der Waals surface area contributed by atoms with Crippen LogP contribution in [0.5, 0.6) is 17.2 Å². The summed E-state index contributed by atoms with van der Waals surface area (Å²) in [4.78, 5) is 11.3. The molecule has 0 N–H and O–H groups in total. The highest BCUT2D eigenvalue weighted by Crippen LogP contribution is 2.72. The monoisotopic (exact) mass is 966 g/mol. The number of methoxy groups -OCH3 is 3. The van der Waals surface area contributed by atoms with Crippen LogP contribution in [-0.2, 0) is 8.98 Å². The molecule has 3 rings (SSSR count). The molecule has 3 aromatic carbocycles. The maximum atomic E-state index is 15.5. The van der Waals surface area contributed by atoms with E-state index in [-0.39, 0.29) is 17.2 Å². The lowest BCUT2D eigenvalue weighted by Gasteiger charge is -2.45. The molecule has 3 aromatic rings. The predicted octanol–water partition coefficient (Wildman–Crippen LogP) is 12.4. The van der Waals surface area contributed by atoms with Gasteiger partial charge in [-0.25, -0.2) is 4.79 Å². The maximum Gasteiger partial charge on any atom is 0.460 e. The summed E-state index contributed by atoms with van der Waals surface area (Å²) in [6, 6.07) is 10.9. The van der Waals surface area contributed by atoms with Gasteiger partial charge in [0, 0.05) is 14.7 Å². The van der Waals surface area contributed by atoms with E-state index in [1.54, 1.807) is 0 Å². The van der Waals surface area contributed by atoms with Gasteiger partial charge in [-0.05, 0) is 83.1 Å². The average molecular weight is 967 g/mol. The van der Waals surface area contributed by atoms with Gasteiger partial charge in [-0.15, -0.1) is 0 Å². The fourth-order valence-corrected chi connectivity index (χ4v) is 7.90. The zero-order valence-corrected chi connectivity index (χ0v) is 30.9. The number of alkyl halides is 23. The molecule has 0 fully saturated rings. The first-order chi connectivity index (χ1) is 27.7. The van der Waals surface area contributed by atoms with Gasteiger partial charge in [-0.1, -0.05) is 0 Å². The summed E-state index contributed by atoms with van der Waals surface area (Å²) in [5.41, 5.74) is 0. The summed E-state index contributed by atoms with van der Waals surface area (Å²) in [7, 11) is -1.39. The highest BCUT2D eigenvalue weighted by atomic mass is 32.3. The van der Waals surface area contributed by atoms with Gasteiger partial charge in [0.2, 0.25) is 0 Å². The molecular formula is C33H21F23O5S. The normalized spacial score (nSPS) is 14.9. The van der Waals surface area contributed by atoms with Gasteiger partial charge in [0.1, 0.15) is 17.2 Å². The second-order valence-electron chi connectivity index (χ2n) is 12.2. The van der Waals surface area contributed by atoms with Crippen LogP contribution in [0.15, 0.2) is 87.5 Å². The Morgan fingerprint density at radius 3 is 0.774 bits per heavy atom. The molecule has 5 nitrogen and oxygen atoms in total. The summed E-state index contributed by atoms with van der Waals surface area (Å²) >= 11 is 0. The lowest BCUT2D eigenvalue weighted by Crippen LogP contribution is -2.78. The minimum Gasteiger partial charge on any atom is -0.497 e. The Morgan fingerprint density at radius 2 is 0.565 bits per heavy atom. The van der Waals surface area contributed by atoms with E-state index in [9.17, 15) is 88.2 Å². The number of hydrogen-bond acceptors (Lipinski definition) is 5. The van der Waals surface area contributed by atoms with Crippen molar-refractivity contribution in [1.82, 2.24) is 0 Å². The summed E-state index contributed by atoms with van der Waals surface area (Å²) in [6.45, 7) is 0. The quantitative estimate of drug-likeness (QED) is 0.126. The topological polar surface area (TPSA) is 54.0 Å². The van der Waals surface area contributed by atoms with Crippen LogP contribution in [0, 0.1) is 0 Å². The molecule has 0 bridgehead atoms. The summed E-state index contributed by atoms with van der Waals surface area (Å²) in [5.74, 6) is -95.3. The molecule has 0 aliphatic carbocycles. The molecule has 0 saturated carbocycles. The smallest absolute Gasteiger partial charge is 0.460 e. The van der Waals surface area contributed by atoms with Crippen molar-refractivity contribution in [3.8, 4) is 17.2 Å². The molecule has 0 heterocycles. The standard InChI is InChI=1S/C33H21F23O5S/c1-58-16-4-10-19(11-5-16)62(20-12-6-17(59-2)7-13-20,21-14-8-18(60-3)9-15-21)61-22(57)23(34,35)24(36,37)25(38,39)26(40,41)27(42,43)28(44,45)29(46,47)30(48,49)31(50,51)32(52,53)33(54,55)56/h4-15H,1-3H3. The third kappa shape index (κ3) is 7.21. The van der Waals surface area contributed by atoms with E-state index in [1.807, 2.05) is 0 Å². The molecule has 0 unspecified atom stereocenters. The highest BCUT2D eigenvalue weighted by Gasteiger charge is 2.99. The first-order valence-corrected chi connectivity index (χ1v) is 17.1. The maximum absolute atomic E-state index is 15.5. The molecule has 0 spiro atoms. The second kappa shape index (κ2) is 15.8. The van der Waals surface area contributed by atoms with Crippen molar-refractivity contribution in [2.45, 2.75) is 80.1 Å². The zero-order chi connectivity index (χ0) is 48.4.